The van der Waals surface area contributed by atoms with E-state index in [9.17, 15) is 14.7 Å². The molecule has 1 aromatic carbocycles. The molecule has 0 aliphatic heterocycles. The van der Waals surface area contributed by atoms with Crippen LogP contribution in [0.3, 0.4) is 0 Å². The lowest BCUT2D eigenvalue weighted by Gasteiger charge is -2.19. The van der Waals surface area contributed by atoms with Crippen molar-refractivity contribution in [1.29, 1.82) is 0 Å². The summed E-state index contributed by atoms with van der Waals surface area (Å²) in [6.45, 7) is 8.94. The molecular weight excluding hydrogens is 396 g/mol. The molecular formula is C25H38O6. The largest absolute Gasteiger partial charge is 0.493 e. The number of ether oxygens (including phenoxy) is 3. The first-order chi connectivity index (χ1) is 14.7. The molecule has 6 nitrogen and oxygen atoms in total. The number of hydrogen-bond donors (Lipinski definition) is 1. The lowest BCUT2D eigenvalue weighted by molar-refractivity contribution is -0.143. The molecule has 6 heteroatoms. The number of Topliss-reactive ketones (excluding diaryl/α,β-unsaturated/α-hetero) is 1. The molecule has 174 valence electrons. The maximum Gasteiger partial charge on any atom is 0.307 e. The Morgan fingerprint density at radius 3 is 2.06 bits per heavy atom. The quantitative estimate of drug-likeness (QED) is 0.230. The zero-order valence-corrected chi connectivity index (χ0v) is 19.7. The minimum absolute atomic E-state index is 0.0442. The number of carboxylic acids is 1. The van der Waals surface area contributed by atoms with Gasteiger partial charge in [0.05, 0.1) is 19.6 Å². The zero-order valence-electron chi connectivity index (χ0n) is 19.7. The molecule has 0 fully saturated rings. The van der Waals surface area contributed by atoms with Crippen LogP contribution in [0.15, 0.2) is 30.4 Å². The van der Waals surface area contributed by atoms with Crippen molar-refractivity contribution in [3.05, 3.63) is 35.9 Å². The van der Waals surface area contributed by atoms with Crippen LogP contribution in [0.25, 0.3) is 0 Å². The van der Waals surface area contributed by atoms with E-state index in [0.717, 1.165) is 6.42 Å². The third-order valence-electron chi connectivity index (χ3n) is 5.41. The van der Waals surface area contributed by atoms with Gasteiger partial charge in [-0.1, -0.05) is 39.8 Å². The first-order valence-corrected chi connectivity index (χ1v) is 10.9. The molecule has 0 spiro atoms. The molecule has 0 aromatic heterocycles. The fourth-order valence-corrected chi connectivity index (χ4v) is 3.37. The van der Waals surface area contributed by atoms with Gasteiger partial charge in [0.25, 0.3) is 0 Å². The second-order valence-corrected chi connectivity index (χ2v) is 8.41. The van der Waals surface area contributed by atoms with Gasteiger partial charge in [-0.05, 0) is 42.9 Å². The molecule has 0 saturated heterocycles. The Hall–Kier alpha value is -2.34. The van der Waals surface area contributed by atoms with Gasteiger partial charge >= 0.3 is 5.97 Å². The van der Waals surface area contributed by atoms with Crippen LogP contribution in [0.4, 0.5) is 0 Å². The normalized spacial score (nSPS) is 13.5. The van der Waals surface area contributed by atoms with Crippen LogP contribution in [0.2, 0.25) is 0 Å². The van der Waals surface area contributed by atoms with E-state index >= 15 is 0 Å². The average molecular weight is 435 g/mol. The highest BCUT2D eigenvalue weighted by atomic mass is 16.5. The highest BCUT2D eigenvalue weighted by Gasteiger charge is 2.24. The third kappa shape index (κ3) is 8.74. The number of benzene rings is 1. The molecule has 0 heterocycles. The fraction of sp³-hybridized carbons (Fsp3) is 0.600. The Labute approximate surface area is 186 Å². The number of carbonyl (C=O) groups excluding carboxylic acids is 1. The van der Waals surface area contributed by atoms with E-state index in [1.54, 1.807) is 32.4 Å². The molecule has 0 radical (unpaired) electrons. The van der Waals surface area contributed by atoms with Crippen molar-refractivity contribution < 1.29 is 28.9 Å². The SMILES string of the molecule is COCCCOc1cc(C(=O)[C@@H](CC=CC[C@H](C(=O)O)C(C)C)C(C)C)ccc1OC. The van der Waals surface area contributed by atoms with Crippen molar-refractivity contribution in [3.63, 3.8) is 0 Å². The van der Waals surface area contributed by atoms with E-state index < -0.39 is 11.9 Å². The standard InChI is InChI=1S/C25H38O6/c1-17(2)20(10-7-8-11-21(18(3)4)25(27)28)24(26)19-12-13-22(30-6)23(16-19)31-15-9-14-29-5/h7-8,12-13,16-18,20-21H,9-11,14-15H2,1-6H3,(H,27,28)/t20-,21-/m0/s1. The highest BCUT2D eigenvalue weighted by molar-refractivity contribution is 5.98. The van der Waals surface area contributed by atoms with E-state index in [-0.39, 0.29) is 23.5 Å². The predicted molar refractivity (Wildman–Crippen MR) is 122 cm³/mol. The van der Waals surface area contributed by atoms with Gasteiger partial charge in [-0.15, -0.1) is 0 Å². The number of allylic oxidation sites excluding steroid dienone is 2. The summed E-state index contributed by atoms with van der Waals surface area (Å²) in [4.78, 5) is 24.6. The Morgan fingerprint density at radius 1 is 0.935 bits per heavy atom. The summed E-state index contributed by atoms with van der Waals surface area (Å²) >= 11 is 0. The second kappa shape index (κ2) is 13.9. The number of hydrogen-bond acceptors (Lipinski definition) is 5. The van der Waals surface area contributed by atoms with E-state index in [1.165, 1.54) is 0 Å². The molecule has 0 aliphatic carbocycles. The van der Waals surface area contributed by atoms with Crippen LogP contribution in [0.1, 0.15) is 57.3 Å². The summed E-state index contributed by atoms with van der Waals surface area (Å²) < 4.78 is 16.2. The monoisotopic (exact) mass is 434 g/mol. The van der Waals surface area contributed by atoms with Crippen molar-refractivity contribution in [1.82, 2.24) is 0 Å². The Morgan fingerprint density at radius 2 is 1.55 bits per heavy atom. The molecule has 1 aromatic rings. The lowest BCUT2D eigenvalue weighted by atomic mass is 9.84. The molecule has 0 amide bonds. The summed E-state index contributed by atoms with van der Waals surface area (Å²) in [5.41, 5.74) is 0.584. The maximum absolute atomic E-state index is 13.2. The zero-order chi connectivity index (χ0) is 23.4. The maximum atomic E-state index is 13.2. The van der Waals surface area contributed by atoms with E-state index in [4.69, 9.17) is 14.2 Å². The van der Waals surface area contributed by atoms with Crippen molar-refractivity contribution in [3.8, 4) is 11.5 Å². The molecule has 0 saturated carbocycles. The minimum Gasteiger partial charge on any atom is -0.493 e. The van der Waals surface area contributed by atoms with Crippen LogP contribution in [0.5, 0.6) is 11.5 Å². The number of methoxy groups -OCH3 is 2. The third-order valence-corrected chi connectivity index (χ3v) is 5.41. The van der Waals surface area contributed by atoms with Gasteiger partial charge in [-0.2, -0.15) is 0 Å². The van der Waals surface area contributed by atoms with Crippen LogP contribution in [0, 0.1) is 23.7 Å². The number of aliphatic carboxylic acids is 1. The van der Waals surface area contributed by atoms with Crippen LogP contribution in [-0.4, -0.2) is 44.3 Å². The summed E-state index contributed by atoms with van der Waals surface area (Å²) in [5, 5.41) is 9.32. The van der Waals surface area contributed by atoms with Crippen molar-refractivity contribution in [2.45, 2.75) is 47.0 Å². The van der Waals surface area contributed by atoms with Crippen molar-refractivity contribution in [2.24, 2.45) is 23.7 Å². The minimum atomic E-state index is -0.785. The fourth-order valence-electron chi connectivity index (χ4n) is 3.37. The molecule has 1 N–H and O–H groups in total. The van der Waals surface area contributed by atoms with Gasteiger partial charge in [0.15, 0.2) is 17.3 Å². The molecule has 31 heavy (non-hydrogen) atoms. The van der Waals surface area contributed by atoms with Gasteiger partial charge < -0.3 is 19.3 Å². The highest BCUT2D eigenvalue weighted by Crippen LogP contribution is 2.31. The predicted octanol–water partition coefficient (Wildman–Crippen LogP) is 5.26. The van der Waals surface area contributed by atoms with E-state index in [2.05, 4.69) is 0 Å². The first-order valence-electron chi connectivity index (χ1n) is 10.9. The summed E-state index contributed by atoms with van der Waals surface area (Å²) in [7, 11) is 3.22. The van der Waals surface area contributed by atoms with Crippen LogP contribution >= 0.6 is 0 Å². The Kier molecular flexibility index (Phi) is 11.9. The smallest absolute Gasteiger partial charge is 0.307 e. The first kappa shape index (κ1) is 26.7. The van der Waals surface area contributed by atoms with Gasteiger partial charge in [0, 0.05) is 31.6 Å². The molecule has 1 rings (SSSR count). The number of carboxylic acid groups (broad SMARTS) is 1. The summed E-state index contributed by atoms with van der Waals surface area (Å²) in [6.07, 6.45) is 5.60. The van der Waals surface area contributed by atoms with Crippen molar-refractivity contribution >= 4 is 11.8 Å². The van der Waals surface area contributed by atoms with Gasteiger partial charge in [-0.25, -0.2) is 0 Å². The second-order valence-electron chi connectivity index (χ2n) is 8.41. The van der Waals surface area contributed by atoms with Crippen LogP contribution in [-0.2, 0) is 9.53 Å². The van der Waals surface area contributed by atoms with Crippen LogP contribution < -0.4 is 9.47 Å². The lowest BCUT2D eigenvalue weighted by Crippen LogP contribution is -2.20. The topological polar surface area (TPSA) is 82.1 Å². The Balaban J connectivity index is 2.90. The van der Waals surface area contributed by atoms with Gasteiger partial charge in [0.2, 0.25) is 0 Å². The van der Waals surface area contributed by atoms with Crippen molar-refractivity contribution in [2.75, 3.05) is 27.4 Å². The molecule has 0 aliphatic rings. The van der Waals surface area contributed by atoms with Gasteiger partial charge in [0.1, 0.15) is 0 Å². The Bertz CT molecular complexity index is 723. The molecule has 2 atom stereocenters. The number of carbonyl (C=O) groups is 2. The summed E-state index contributed by atoms with van der Waals surface area (Å²) in [5.74, 6) is -0.0173. The van der Waals surface area contributed by atoms with Gasteiger partial charge in [-0.3, -0.25) is 9.59 Å². The van der Waals surface area contributed by atoms with E-state index in [0.29, 0.717) is 43.1 Å². The van der Waals surface area contributed by atoms with E-state index in [1.807, 2.05) is 39.8 Å². The number of rotatable bonds is 15. The molecule has 0 bridgehead atoms. The summed E-state index contributed by atoms with van der Waals surface area (Å²) in [6, 6.07) is 5.26. The average Bonchev–Trinajstić information content (AvgIpc) is 2.72. The molecule has 0 unspecified atom stereocenters. The number of ketones is 1.